The van der Waals surface area contributed by atoms with Crippen molar-refractivity contribution in [3.63, 3.8) is 0 Å². The van der Waals surface area contributed by atoms with Gasteiger partial charge in [0, 0.05) is 32.7 Å². The number of likely N-dealkylation sites (N-methyl/N-ethyl adjacent to an activating group) is 1. The van der Waals surface area contributed by atoms with E-state index in [1.165, 1.54) is 31.2 Å². The zero-order valence-electron chi connectivity index (χ0n) is 18.2. The number of likely N-dealkylation sites (tertiary alicyclic amines) is 1. The van der Waals surface area contributed by atoms with Crippen molar-refractivity contribution in [2.24, 2.45) is 4.99 Å². The Kier molecular flexibility index (Phi) is 10.5. The van der Waals surface area contributed by atoms with Gasteiger partial charge in [-0.2, -0.15) is 0 Å². The van der Waals surface area contributed by atoms with Crippen LogP contribution < -0.4 is 15.4 Å². The van der Waals surface area contributed by atoms with E-state index < -0.39 is 0 Å². The molecule has 1 heterocycles. The average Bonchev–Trinajstić information content (AvgIpc) is 3.44. The first-order valence-electron chi connectivity index (χ1n) is 10.8. The second kappa shape index (κ2) is 12.6. The Morgan fingerprint density at radius 2 is 2.03 bits per heavy atom. The largest absolute Gasteiger partial charge is 0.497 e. The molecule has 1 aromatic rings. The van der Waals surface area contributed by atoms with Crippen molar-refractivity contribution < 1.29 is 4.74 Å². The summed E-state index contributed by atoms with van der Waals surface area (Å²) in [6.07, 6.45) is 5.28. The molecule has 2 aliphatic rings. The number of benzene rings is 1. The number of guanidine groups is 1. The number of nitrogens with zero attached hydrogens (tertiary/aromatic N) is 3. The lowest BCUT2D eigenvalue weighted by molar-refractivity contribution is 0.244. The Balaban J connectivity index is 0.00000300. The molecule has 6 nitrogen and oxygen atoms in total. The highest BCUT2D eigenvalue weighted by molar-refractivity contribution is 14.0. The molecule has 29 heavy (non-hydrogen) atoms. The first kappa shape index (κ1) is 24.2. The van der Waals surface area contributed by atoms with Crippen molar-refractivity contribution in [2.75, 3.05) is 53.4 Å². The molecule has 1 unspecified atom stereocenters. The molecule has 2 N–H and O–H groups in total. The lowest BCUT2D eigenvalue weighted by Crippen LogP contribution is -2.45. The number of hydrogen-bond donors (Lipinski definition) is 2. The molecular formula is C22H38IN5O. The number of hydrogen-bond acceptors (Lipinski definition) is 4. The third-order valence-electron chi connectivity index (χ3n) is 5.91. The van der Waals surface area contributed by atoms with E-state index in [1.54, 1.807) is 7.11 Å². The fourth-order valence-electron chi connectivity index (χ4n) is 4.13. The van der Waals surface area contributed by atoms with Crippen LogP contribution >= 0.6 is 24.0 Å². The second-order valence-corrected chi connectivity index (χ2v) is 7.78. The Bertz CT molecular complexity index is 631. The molecule has 1 aliphatic heterocycles. The van der Waals surface area contributed by atoms with Crippen LogP contribution in [0.25, 0.3) is 0 Å². The van der Waals surface area contributed by atoms with Gasteiger partial charge in [0.05, 0.1) is 13.2 Å². The number of rotatable bonds is 10. The summed E-state index contributed by atoms with van der Waals surface area (Å²) in [5, 5.41) is 7.05. The first-order valence-corrected chi connectivity index (χ1v) is 10.8. The van der Waals surface area contributed by atoms with Crippen molar-refractivity contribution in [1.82, 2.24) is 20.4 Å². The summed E-state index contributed by atoms with van der Waals surface area (Å²) in [6, 6.07) is 9.61. The Morgan fingerprint density at radius 1 is 1.28 bits per heavy atom. The highest BCUT2D eigenvalue weighted by Crippen LogP contribution is 2.27. The number of ether oxygens (including phenoxy) is 1. The lowest BCUT2D eigenvalue weighted by atomic mass is 10.1. The van der Waals surface area contributed by atoms with Crippen molar-refractivity contribution >= 4 is 29.9 Å². The van der Waals surface area contributed by atoms with Gasteiger partial charge >= 0.3 is 0 Å². The van der Waals surface area contributed by atoms with Gasteiger partial charge in [-0.1, -0.05) is 19.1 Å². The zero-order valence-corrected chi connectivity index (χ0v) is 20.5. The predicted molar refractivity (Wildman–Crippen MR) is 132 cm³/mol. The molecule has 1 saturated heterocycles. The van der Waals surface area contributed by atoms with Gasteiger partial charge in [-0.25, -0.2) is 0 Å². The van der Waals surface area contributed by atoms with Gasteiger partial charge in [0.15, 0.2) is 5.96 Å². The summed E-state index contributed by atoms with van der Waals surface area (Å²) in [5.74, 6) is 1.81. The fraction of sp³-hybridized carbons (Fsp3) is 0.682. The summed E-state index contributed by atoms with van der Waals surface area (Å²) < 4.78 is 5.45. The Hall–Kier alpha value is -1.06. The molecule has 1 atom stereocenters. The van der Waals surface area contributed by atoms with Crippen molar-refractivity contribution in [2.45, 2.75) is 44.7 Å². The average molecular weight is 515 g/mol. The number of nitrogens with one attached hydrogen (secondary N) is 2. The van der Waals surface area contributed by atoms with E-state index in [9.17, 15) is 0 Å². The van der Waals surface area contributed by atoms with Gasteiger partial charge in [0.25, 0.3) is 0 Å². The van der Waals surface area contributed by atoms with Crippen LogP contribution in [0.5, 0.6) is 5.75 Å². The second-order valence-electron chi connectivity index (χ2n) is 7.78. The maximum Gasteiger partial charge on any atom is 0.191 e. The van der Waals surface area contributed by atoms with E-state index >= 15 is 0 Å². The molecule has 2 fully saturated rings. The van der Waals surface area contributed by atoms with E-state index in [-0.39, 0.29) is 24.0 Å². The molecule has 1 aromatic carbocycles. The smallest absolute Gasteiger partial charge is 0.191 e. The maximum absolute atomic E-state index is 5.45. The monoisotopic (exact) mass is 515 g/mol. The van der Waals surface area contributed by atoms with Gasteiger partial charge in [-0.15, -0.1) is 24.0 Å². The molecule has 7 heteroatoms. The summed E-state index contributed by atoms with van der Waals surface area (Å²) in [4.78, 5) is 9.56. The molecule has 1 aliphatic carbocycles. The minimum atomic E-state index is 0. The number of methoxy groups -OCH3 is 1. The van der Waals surface area contributed by atoms with E-state index in [0.29, 0.717) is 6.04 Å². The Morgan fingerprint density at radius 3 is 2.66 bits per heavy atom. The maximum atomic E-state index is 5.45. The third-order valence-corrected chi connectivity index (χ3v) is 5.91. The summed E-state index contributed by atoms with van der Waals surface area (Å²) >= 11 is 0. The van der Waals surface area contributed by atoms with Crippen LogP contribution in [0.3, 0.4) is 0 Å². The third kappa shape index (κ3) is 7.29. The van der Waals surface area contributed by atoms with E-state index in [0.717, 1.165) is 57.0 Å². The summed E-state index contributed by atoms with van der Waals surface area (Å²) in [6.45, 7) is 8.54. The van der Waals surface area contributed by atoms with Crippen LogP contribution in [0.2, 0.25) is 0 Å². The SMILES string of the molecule is CCN(CCNC(=NC)NCC(c1cccc(OC)c1)N1CCCC1)C1CC1.I. The van der Waals surface area contributed by atoms with Crippen molar-refractivity contribution in [3.05, 3.63) is 29.8 Å². The van der Waals surface area contributed by atoms with Crippen molar-refractivity contribution in [1.29, 1.82) is 0 Å². The fourth-order valence-corrected chi connectivity index (χ4v) is 4.13. The van der Waals surface area contributed by atoms with Gasteiger partial charge in [0.1, 0.15) is 5.75 Å². The van der Waals surface area contributed by atoms with Gasteiger partial charge < -0.3 is 15.4 Å². The highest BCUT2D eigenvalue weighted by atomic mass is 127. The summed E-state index contributed by atoms with van der Waals surface area (Å²) in [5.41, 5.74) is 1.30. The van der Waals surface area contributed by atoms with Crippen molar-refractivity contribution in [3.8, 4) is 5.75 Å². The van der Waals surface area contributed by atoms with Crippen LogP contribution in [0.4, 0.5) is 0 Å². The molecule has 1 saturated carbocycles. The van der Waals surface area contributed by atoms with Crippen LogP contribution in [-0.2, 0) is 0 Å². The normalized spacial score (nSPS) is 18.4. The minimum Gasteiger partial charge on any atom is -0.497 e. The lowest BCUT2D eigenvalue weighted by Gasteiger charge is -2.29. The van der Waals surface area contributed by atoms with Crippen LogP contribution in [-0.4, -0.2) is 75.2 Å². The molecule has 0 radical (unpaired) electrons. The molecule has 164 valence electrons. The molecule has 3 rings (SSSR count). The predicted octanol–water partition coefficient (Wildman–Crippen LogP) is 3.10. The molecule has 0 spiro atoms. The number of halogens is 1. The molecule has 0 aromatic heterocycles. The van der Waals surface area contributed by atoms with Gasteiger partial charge in [0.2, 0.25) is 0 Å². The highest BCUT2D eigenvalue weighted by Gasteiger charge is 2.27. The van der Waals surface area contributed by atoms with E-state index in [4.69, 9.17) is 4.74 Å². The minimum absolute atomic E-state index is 0. The van der Waals surface area contributed by atoms with Crippen LogP contribution in [0, 0.1) is 0 Å². The van der Waals surface area contributed by atoms with Gasteiger partial charge in [-0.3, -0.25) is 14.8 Å². The van der Waals surface area contributed by atoms with Crippen LogP contribution in [0.15, 0.2) is 29.3 Å². The van der Waals surface area contributed by atoms with Crippen LogP contribution in [0.1, 0.15) is 44.2 Å². The molecule has 0 amide bonds. The van der Waals surface area contributed by atoms with Gasteiger partial charge in [-0.05, 0) is 63.0 Å². The Labute approximate surface area is 193 Å². The van der Waals surface area contributed by atoms with E-state index in [2.05, 4.69) is 50.5 Å². The molecule has 0 bridgehead atoms. The van der Waals surface area contributed by atoms with E-state index in [1.807, 2.05) is 13.1 Å². The number of aliphatic imine (C=N–C) groups is 1. The quantitative estimate of drug-likeness (QED) is 0.285. The molecular weight excluding hydrogens is 477 g/mol. The topological polar surface area (TPSA) is 52.1 Å². The first-order chi connectivity index (χ1) is 13.7. The summed E-state index contributed by atoms with van der Waals surface area (Å²) in [7, 11) is 3.58. The standard InChI is InChI=1S/C22H37N5O.HI/c1-4-26(19-10-11-19)15-12-24-22(23-2)25-17-21(27-13-5-6-14-27)18-8-7-9-20(16-18)28-3;/h7-9,16,19,21H,4-6,10-15,17H2,1-3H3,(H2,23,24,25);1H. The zero-order chi connectivity index (χ0) is 19.8.